The number of nitrogen functional groups attached to an aromatic ring is 1. The van der Waals surface area contributed by atoms with E-state index in [0.717, 1.165) is 11.3 Å². The second kappa shape index (κ2) is 8.44. The third-order valence-electron chi connectivity index (χ3n) is 3.78. The molecular weight excluding hydrogens is 398 g/mol. The lowest BCUT2D eigenvalue weighted by molar-refractivity contribution is -0.744. The lowest BCUT2D eigenvalue weighted by Crippen LogP contribution is -2.06. The Morgan fingerprint density at radius 1 is 1.21 bits per heavy atom. The molecule has 1 aromatic heterocycles. The number of nitrogens with zero attached hydrogens (tertiary/aromatic N) is 3. The molecule has 148 valence electrons. The summed E-state index contributed by atoms with van der Waals surface area (Å²) in [6, 6.07) is 12.0. The van der Waals surface area contributed by atoms with E-state index in [0.29, 0.717) is 21.4 Å². The van der Waals surface area contributed by atoms with E-state index in [2.05, 4.69) is 10.3 Å². The third kappa shape index (κ3) is 4.35. The van der Waals surface area contributed by atoms with Crippen molar-refractivity contribution in [3.8, 4) is 0 Å². The molecule has 2 aromatic carbocycles. The predicted molar refractivity (Wildman–Crippen MR) is 108 cm³/mol. The average molecular weight is 414 g/mol. The van der Waals surface area contributed by atoms with Crippen molar-refractivity contribution in [1.82, 2.24) is 4.98 Å². The summed E-state index contributed by atoms with van der Waals surface area (Å²) in [6.45, 7) is 1.95. The first-order valence-electron chi connectivity index (χ1n) is 8.42. The molecule has 0 saturated carbocycles. The second-order valence-electron chi connectivity index (χ2n) is 5.68. The monoisotopic (exact) mass is 414 g/mol. The van der Waals surface area contributed by atoms with Crippen LogP contribution in [0.3, 0.4) is 0 Å². The Morgan fingerprint density at radius 2 is 1.90 bits per heavy atom. The van der Waals surface area contributed by atoms with Crippen LogP contribution in [-0.4, -0.2) is 27.2 Å². The van der Waals surface area contributed by atoms with Crippen molar-refractivity contribution < 1.29 is 19.5 Å². The first-order valence-corrected chi connectivity index (χ1v) is 9.24. The van der Waals surface area contributed by atoms with Gasteiger partial charge in [0.1, 0.15) is 16.3 Å². The van der Waals surface area contributed by atoms with Crippen LogP contribution in [0.5, 0.6) is 0 Å². The van der Waals surface area contributed by atoms with E-state index in [1.807, 2.05) is 0 Å². The zero-order chi connectivity index (χ0) is 21.0. The number of carbonyl (C=O) groups excluding carboxylic acids is 1. The molecule has 0 aliphatic heterocycles. The van der Waals surface area contributed by atoms with Crippen molar-refractivity contribution in [3.05, 3.63) is 74.0 Å². The van der Waals surface area contributed by atoms with E-state index in [1.165, 1.54) is 18.2 Å². The fourth-order valence-corrected chi connectivity index (χ4v) is 3.34. The van der Waals surface area contributed by atoms with Crippen molar-refractivity contribution in [3.63, 3.8) is 0 Å². The Hall–Kier alpha value is -3.86. The first kappa shape index (κ1) is 19.9. The van der Waals surface area contributed by atoms with E-state index < -0.39 is 10.7 Å². The Kier molecular flexibility index (Phi) is 5.79. The molecule has 0 aliphatic carbocycles. The number of aromatic nitrogens is 1. The van der Waals surface area contributed by atoms with Gasteiger partial charge >= 0.3 is 5.69 Å². The molecule has 3 N–H and O–H groups in total. The third-order valence-corrected chi connectivity index (χ3v) is 4.77. The summed E-state index contributed by atoms with van der Waals surface area (Å²) in [5, 5.41) is 14.5. The molecule has 0 unspecified atom stereocenters. The lowest BCUT2D eigenvalue weighted by atomic mass is 10.1. The molecule has 0 bridgehead atoms. The Bertz CT molecular complexity index is 1080. The van der Waals surface area contributed by atoms with Crippen LogP contribution in [0.25, 0.3) is 0 Å². The van der Waals surface area contributed by atoms with E-state index >= 15 is 0 Å². The number of thiazole rings is 1. The van der Waals surface area contributed by atoms with Crippen LogP contribution in [0.15, 0.2) is 48.5 Å². The molecule has 1 heterocycles. The Morgan fingerprint density at radius 3 is 2.55 bits per heavy atom. The maximum atomic E-state index is 12.7. The van der Waals surface area contributed by atoms with Crippen molar-refractivity contribution >= 4 is 45.1 Å². The highest BCUT2D eigenvalue weighted by Crippen LogP contribution is 2.32. The van der Waals surface area contributed by atoms with Crippen LogP contribution in [0, 0.1) is 15.0 Å². The average Bonchev–Trinajstić information content (AvgIpc) is 3.08. The SMILES string of the molecule is CCO[N+](=O)c1ccc(Nc2nc(N)c(C(=O)c3ccccc3[N+](=O)[O-])s2)cc1. The zero-order valence-corrected chi connectivity index (χ0v) is 16.0. The number of anilines is 3. The van der Waals surface area contributed by atoms with E-state index in [9.17, 15) is 19.8 Å². The maximum Gasteiger partial charge on any atom is 0.316 e. The predicted octanol–water partition coefficient (Wildman–Crippen LogP) is 3.97. The molecule has 0 spiro atoms. The molecule has 3 aromatic rings. The summed E-state index contributed by atoms with van der Waals surface area (Å²) in [5.41, 5.74) is 6.43. The lowest BCUT2D eigenvalue weighted by Gasteiger charge is -2.01. The van der Waals surface area contributed by atoms with Crippen LogP contribution in [0.1, 0.15) is 22.2 Å². The number of carbonyl (C=O) groups is 1. The second-order valence-corrected chi connectivity index (χ2v) is 6.68. The summed E-state index contributed by atoms with van der Waals surface area (Å²) >= 11 is 0.980. The van der Waals surface area contributed by atoms with Gasteiger partial charge in [0.15, 0.2) is 11.7 Å². The molecule has 0 radical (unpaired) electrons. The first-order chi connectivity index (χ1) is 13.9. The highest BCUT2D eigenvalue weighted by molar-refractivity contribution is 7.18. The summed E-state index contributed by atoms with van der Waals surface area (Å²) in [7, 11) is 0. The van der Waals surface area contributed by atoms with Gasteiger partial charge in [-0.15, -0.1) is 0 Å². The van der Waals surface area contributed by atoms with Gasteiger partial charge in [-0.05, 0) is 25.1 Å². The van der Waals surface area contributed by atoms with Gasteiger partial charge in [-0.1, -0.05) is 23.5 Å². The van der Waals surface area contributed by atoms with Crippen molar-refractivity contribution in [2.24, 2.45) is 0 Å². The van der Waals surface area contributed by atoms with Gasteiger partial charge in [-0.3, -0.25) is 14.9 Å². The Labute approximate surface area is 168 Å². The summed E-state index contributed by atoms with van der Waals surface area (Å²) in [6.07, 6.45) is 0. The minimum absolute atomic E-state index is 0.0284. The smallest absolute Gasteiger partial charge is 0.316 e. The van der Waals surface area contributed by atoms with Crippen LogP contribution in [-0.2, 0) is 4.84 Å². The van der Waals surface area contributed by atoms with Crippen LogP contribution < -0.4 is 11.1 Å². The maximum absolute atomic E-state index is 12.7. The topological polar surface area (TPSA) is 140 Å². The molecule has 29 heavy (non-hydrogen) atoms. The van der Waals surface area contributed by atoms with Gasteiger partial charge in [-0.25, -0.2) is 9.82 Å². The fourth-order valence-electron chi connectivity index (χ4n) is 2.48. The molecule has 11 heteroatoms. The molecule has 0 fully saturated rings. The standard InChI is InChI=1S/C18H15N5O5S/c1-2-28-23(27)12-9-7-11(8-10-12)20-18-21-17(19)16(29-18)15(24)13-5-3-4-6-14(13)22(25)26/h3-10H,2H2,1H3,(H2-,19,20,21,24,27)/p+1. The molecule has 0 atom stereocenters. The van der Waals surface area contributed by atoms with Gasteiger partial charge in [0.25, 0.3) is 10.6 Å². The van der Waals surface area contributed by atoms with E-state index in [-0.39, 0.29) is 28.6 Å². The zero-order valence-electron chi connectivity index (χ0n) is 15.2. The highest BCUT2D eigenvalue weighted by atomic mass is 32.1. The minimum atomic E-state index is -0.618. The van der Waals surface area contributed by atoms with Crippen molar-refractivity contribution in [1.29, 1.82) is 0 Å². The number of nitrogens with two attached hydrogens (primary N) is 1. The summed E-state index contributed by atoms with van der Waals surface area (Å²) in [4.78, 5) is 44.4. The fraction of sp³-hybridized carbons (Fsp3) is 0.111. The number of nitro benzene ring substituents is 1. The number of hydrogen-bond donors (Lipinski definition) is 2. The van der Waals surface area contributed by atoms with Gasteiger partial charge in [0.05, 0.1) is 9.83 Å². The number of nitro groups is 1. The number of ketones is 1. The van der Waals surface area contributed by atoms with Gasteiger partial charge in [0.2, 0.25) is 5.78 Å². The Balaban J connectivity index is 1.81. The molecule has 0 aliphatic rings. The van der Waals surface area contributed by atoms with Crippen molar-refractivity contribution in [2.45, 2.75) is 6.92 Å². The molecule has 0 saturated heterocycles. The van der Waals surface area contributed by atoms with E-state index in [4.69, 9.17) is 10.6 Å². The van der Waals surface area contributed by atoms with Crippen LogP contribution >= 0.6 is 11.3 Å². The van der Waals surface area contributed by atoms with Gasteiger partial charge < -0.3 is 11.1 Å². The quantitative estimate of drug-likeness (QED) is 0.320. The number of rotatable bonds is 8. The largest absolute Gasteiger partial charge is 0.382 e. The van der Waals surface area contributed by atoms with E-state index in [1.54, 1.807) is 37.3 Å². The normalized spacial score (nSPS) is 10.4. The van der Waals surface area contributed by atoms with Crippen LogP contribution in [0.4, 0.5) is 28.0 Å². The molecule has 3 rings (SSSR count). The van der Waals surface area contributed by atoms with Crippen LogP contribution in [0.2, 0.25) is 0 Å². The van der Waals surface area contributed by atoms with Crippen molar-refractivity contribution in [2.75, 3.05) is 17.7 Å². The number of hydrogen-bond acceptors (Lipinski definition) is 9. The highest BCUT2D eigenvalue weighted by Gasteiger charge is 2.25. The number of benzene rings is 2. The van der Waals surface area contributed by atoms with Gasteiger partial charge in [0, 0.05) is 23.9 Å². The van der Waals surface area contributed by atoms with Gasteiger partial charge in [-0.2, -0.15) is 0 Å². The number of nitrogens with one attached hydrogen (secondary N) is 1. The molecular formula is C18H16N5O5S+. The summed E-state index contributed by atoms with van der Waals surface area (Å²) < 4.78 is 0. The molecule has 0 amide bonds. The minimum Gasteiger partial charge on any atom is -0.382 e. The summed E-state index contributed by atoms with van der Waals surface area (Å²) in [5.74, 6) is -0.603. The number of para-hydroxylation sites is 1. The molecule has 10 nitrogen and oxygen atoms in total.